The van der Waals surface area contributed by atoms with E-state index in [0.29, 0.717) is 22.9 Å². The van der Waals surface area contributed by atoms with Crippen LogP contribution in [0.2, 0.25) is 0 Å². The number of nitrogens with zero attached hydrogens (tertiary/aromatic N) is 3. The molecule has 0 amide bonds. The highest BCUT2D eigenvalue weighted by atomic mass is 19.4. The van der Waals surface area contributed by atoms with Crippen molar-refractivity contribution in [2.45, 2.75) is 50.0 Å². The van der Waals surface area contributed by atoms with Crippen LogP contribution in [-0.2, 0) is 13.0 Å². The van der Waals surface area contributed by atoms with E-state index in [2.05, 4.69) is 38.5 Å². The second-order valence-electron chi connectivity index (χ2n) is 8.49. The number of hydrogen-bond acceptors (Lipinski definition) is 6. The summed E-state index contributed by atoms with van der Waals surface area (Å²) in [6, 6.07) is 6.79. The summed E-state index contributed by atoms with van der Waals surface area (Å²) in [5, 5.41) is 0. The Morgan fingerprint density at radius 2 is 2.00 bits per heavy atom. The fourth-order valence-electron chi connectivity index (χ4n) is 4.75. The van der Waals surface area contributed by atoms with Gasteiger partial charge in [0.05, 0.1) is 25.2 Å². The van der Waals surface area contributed by atoms with Crippen LogP contribution in [0, 0.1) is 0 Å². The zero-order chi connectivity index (χ0) is 23.0. The fraction of sp³-hybridized carbons (Fsp3) is 0.391. The molecule has 1 saturated heterocycles. The zero-order valence-corrected chi connectivity index (χ0v) is 18.1. The molecule has 0 spiro atoms. The predicted molar refractivity (Wildman–Crippen MR) is 116 cm³/mol. The van der Waals surface area contributed by atoms with Crippen molar-refractivity contribution in [2.75, 3.05) is 7.11 Å². The predicted octanol–water partition coefficient (Wildman–Crippen LogP) is 3.66. The van der Waals surface area contributed by atoms with Crippen LogP contribution in [0.3, 0.4) is 0 Å². The molecule has 2 aliphatic rings. The van der Waals surface area contributed by atoms with Crippen molar-refractivity contribution in [2.24, 2.45) is 0 Å². The maximum atomic E-state index is 13.3. The molecule has 1 aliphatic carbocycles. The Balaban J connectivity index is 1.35. The summed E-state index contributed by atoms with van der Waals surface area (Å²) in [5.41, 5.74) is 11.6. The van der Waals surface area contributed by atoms with Gasteiger partial charge in [-0.15, -0.1) is 0 Å². The Labute approximate surface area is 189 Å². The van der Waals surface area contributed by atoms with Crippen molar-refractivity contribution in [3.8, 4) is 17.1 Å². The number of aromatic nitrogens is 3. The highest BCUT2D eigenvalue weighted by Crippen LogP contribution is 2.35. The molecule has 2 aromatic heterocycles. The van der Waals surface area contributed by atoms with Gasteiger partial charge in [-0.25, -0.2) is 15.8 Å². The van der Waals surface area contributed by atoms with Crippen LogP contribution in [-0.4, -0.2) is 33.9 Å². The van der Waals surface area contributed by atoms with Gasteiger partial charge in [0.25, 0.3) is 0 Å². The summed E-state index contributed by atoms with van der Waals surface area (Å²) < 4.78 is 47.3. The lowest BCUT2D eigenvalue weighted by atomic mass is 9.82. The van der Waals surface area contributed by atoms with Gasteiger partial charge in [-0.05, 0) is 60.2 Å². The number of benzene rings is 1. The van der Waals surface area contributed by atoms with Crippen LogP contribution in [0.25, 0.3) is 11.4 Å². The number of methoxy groups -OCH3 is 1. The molecule has 10 heteroatoms. The van der Waals surface area contributed by atoms with Gasteiger partial charge in [-0.1, -0.05) is 6.07 Å². The number of aryl methyl sites for hydroxylation is 1. The molecule has 3 aromatic rings. The lowest BCUT2D eigenvalue weighted by Gasteiger charge is -2.26. The molecule has 3 atom stereocenters. The minimum atomic E-state index is -4.40. The molecule has 1 aliphatic heterocycles. The molecule has 174 valence electrons. The summed E-state index contributed by atoms with van der Waals surface area (Å²) in [5.74, 6) is 1.24. The first-order chi connectivity index (χ1) is 15.9. The SMILES string of the molecule is COc1ccc2c(c1)CCCC2Cn1cnc(-c2cc(C3NNNC3C(F)(F)F)ccn2)c1. The molecule has 5 rings (SSSR count). The molecule has 1 aromatic carbocycles. The van der Waals surface area contributed by atoms with Crippen molar-refractivity contribution in [3.05, 3.63) is 65.7 Å². The van der Waals surface area contributed by atoms with Crippen LogP contribution in [0.5, 0.6) is 5.75 Å². The molecular formula is C23H25F3N6O. The van der Waals surface area contributed by atoms with Crippen molar-refractivity contribution in [1.82, 2.24) is 30.9 Å². The Morgan fingerprint density at radius 3 is 2.82 bits per heavy atom. The van der Waals surface area contributed by atoms with E-state index in [-0.39, 0.29) is 0 Å². The van der Waals surface area contributed by atoms with Crippen molar-refractivity contribution < 1.29 is 17.9 Å². The molecule has 33 heavy (non-hydrogen) atoms. The monoisotopic (exact) mass is 458 g/mol. The summed E-state index contributed by atoms with van der Waals surface area (Å²) >= 11 is 0. The van der Waals surface area contributed by atoms with Crippen LogP contribution in [0.15, 0.2) is 49.1 Å². The van der Waals surface area contributed by atoms with Crippen LogP contribution < -0.4 is 21.1 Å². The smallest absolute Gasteiger partial charge is 0.407 e. The number of rotatable bonds is 5. The molecule has 3 N–H and O–H groups in total. The number of halogens is 3. The molecule has 3 heterocycles. The average molecular weight is 458 g/mol. The first-order valence-corrected chi connectivity index (χ1v) is 10.9. The van der Waals surface area contributed by atoms with Crippen molar-refractivity contribution in [3.63, 3.8) is 0 Å². The van der Waals surface area contributed by atoms with Gasteiger partial charge in [0, 0.05) is 24.9 Å². The average Bonchev–Trinajstić information content (AvgIpc) is 3.49. The summed E-state index contributed by atoms with van der Waals surface area (Å²) in [4.78, 5) is 8.82. The van der Waals surface area contributed by atoms with Crippen LogP contribution >= 0.6 is 0 Å². The van der Waals surface area contributed by atoms with Crippen molar-refractivity contribution >= 4 is 0 Å². The maximum Gasteiger partial charge on any atom is 0.407 e. The summed E-state index contributed by atoms with van der Waals surface area (Å²) in [6.45, 7) is 0.778. The lowest BCUT2D eigenvalue weighted by Crippen LogP contribution is -2.43. The number of ether oxygens (including phenoxy) is 1. The fourth-order valence-corrected chi connectivity index (χ4v) is 4.75. The topological polar surface area (TPSA) is 76.0 Å². The van der Waals surface area contributed by atoms with Gasteiger partial charge in [0.15, 0.2) is 0 Å². The van der Waals surface area contributed by atoms with Gasteiger partial charge in [0.2, 0.25) is 0 Å². The van der Waals surface area contributed by atoms with Gasteiger partial charge in [-0.3, -0.25) is 4.98 Å². The van der Waals surface area contributed by atoms with E-state index in [9.17, 15) is 13.2 Å². The number of imidazole rings is 1. The number of hydrogen-bond donors (Lipinski definition) is 3. The van der Waals surface area contributed by atoms with E-state index in [0.717, 1.165) is 31.6 Å². The van der Waals surface area contributed by atoms with Crippen molar-refractivity contribution in [1.29, 1.82) is 0 Å². The molecule has 0 saturated carbocycles. The first kappa shape index (κ1) is 21.9. The third-order valence-electron chi connectivity index (χ3n) is 6.40. The molecular weight excluding hydrogens is 433 g/mol. The minimum absolute atomic E-state index is 0.369. The lowest BCUT2D eigenvalue weighted by molar-refractivity contribution is -0.156. The highest BCUT2D eigenvalue weighted by molar-refractivity contribution is 5.54. The Hall–Kier alpha value is -2.95. The Bertz CT molecular complexity index is 1130. The molecule has 0 bridgehead atoms. The maximum absolute atomic E-state index is 13.3. The third-order valence-corrected chi connectivity index (χ3v) is 6.40. The van der Waals surface area contributed by atoms with Crippen LogP contribution in [0.4, 0.5) is 13.2 Å². The second kappa shape index (κ2) is 8.77. The third kappa shape index (κ3) is 4.46. The van der Waals surface area contributed by atoms with E-state index < -0.39 is 18.3 Å². The van der Waals surface area contributed by atoms with Gasteiger partial charge < -0.3 is 9.30 Å². The number of pyridine rings is 1. The van der Waals surface area contributed by atoms with Gasteiger partial charge in [0.1, 0.15) is 17.5 Å². The highest BCUT2D eigenvalue weighted by Gasteiger charge is 2.48. The quantitative estimate of drug-likeness (QED) is 0.542. The molecule has 1 fully saturated rings. The summed E-state index contributed by atoms with van der Waals surface area (Å²) in [6.07, 6.45) is 4.04. The zero-order valence-electron chi connectivity index (χ0n) is 18.1. The van der Waals surface area contributed by atoms with Gasteiger partial charge >= 0.3 is 6.18 Å². The van der Waals surface area contributed by atoms with E-state index in [1.54, 1.807) is 25.6 Å². The Kier molecular flexibility index (Phi) is 5.81. The minimum Gasteiger partial charge on any atom is -0.497 e. The second-order valence-corrected chi connectivity index (χ2v) is 8.49. The van der Waals surface area contributed by atoms with E-state index in [1.807, 2.05) is 16.8 Å². The normalized spacial score (nSPS) is 22.8. The number of fused-ring (bicyclic) bond motifs is 1. The summed E-state index contributed by atoms with van der Waals surface area (Å²) in [7, 11) is 1.68. The van der Waals surface area contributed by atoms with E-state index in [4.69, 9.17) is 4.74 Å². The van der Waals surface area contributed by atoms with Crippen LogP contribution in [0.1, 0.15) is 41.5 Å². The van der Waals surface area contributed by atoms with E-state index in [1.165, 1.54) is 17.3 Å². The Morgan fingerprint density at radius 1 is 1.12 bits per heavy atom. The molecule has 7 nitrogen and oxygen atoms in total. The standard InChI is InChI=1S/C23H25F3N6O/c1-33-17-5-6-18-14(9-17)3-2-4-16(18)11-32-12-20(28-13-32)19-10-15(7-8-27-19)21-22(23(24,25)26)30-31-29-21/h5-10,12-13,16,21-22,29-31H,2-4,11H2,1H3. The molecule has 3 unspecified atom stereocenters. The molecule has 0 radical (unpaired) electrons. The number of alkyl halides is 3. The van der Waals surface area contributed by atoms with E-state index >= 15 is 0 Å². The van der Waals surface area contributed by atoms with Gasteiger partial charge in [-0.2, -0.15) is 18.7 Å². The number of nitrogens with one attached hydrogen (secondary N) is 3. The largest absolute Gasteiger partial charge is 0.497 e. The number of hydrazine groups is 2. The first-order valence-electron chi connectivity index (χ1n) is 10.9.